The summed E-state index contributed by atoms with van der Waals surface area (Å²) in [7, 11) is 0. The lowest BCUT2D eigenvalue weighted by Gasteiger charge is -2.43. The Hall–Kier alpha value is -4.38. The second-order valence-corrected chi connectivity index (χ2v) is 20.7. The topological polar surface area (TPSA) is 6.48 Å². The van der Waals surface area contributed by atoms with Crippen LogP contribution in [0.15, 0.2) is 103 Å². The molecule has 2 aliphatic heterocycles. The summed E-state index contributed by atoms with van der Waals surface area (Å²) in [6.07, 6.45) is 0. The average Bonchev–Trinajstić information content (AvgIpc) is 3.84. The van der Waals surface area contributed by atoms with E-state index in [1.54, 1.807) is 41.5 Å². The van der Waals surface area contributed by atoms with E-state index in [0.717, 1.165) is 22.7 Å². The molecule has 0 amide bonds. The second kappa shape index (κ2) is 12.1. The molecule has 5 aromatic carbocycles. The number of nitrogens with zero attached hydrogens (tertiary/aromatic N) is 2. The average molecular weight is 776 g/mol. The molecule has 2 aliphatic rings. The van der Waals surface area contributed by atoms with Crippen LogP contribution in [0.2, 0.25) is 0 Å². The summed E-state index contributed by atoms with van der Waals surface area (Å²) in [4.78, 5) is 3.28. The molecule has 4 heteroatoms. The van der Waals surface area contributed by atoms with Crippen LogP contribution in [0, 0.1) is 0 Å². The summed E-state index contributed by atoms with van der Waals surface area (Å²) in [5, 5.41) is 0.220. The minimum Gasteiger partial charge on any atom is -0.308 e. The third-order valence-electron chi connectivity index (χ3n) is 10.2. The molecule has 2 aromatic heterocycles. The highest BCUT2D eigenvalue weighted by Crippen LogP contribution is 2.66. The molecule has 0 radical (unpaired) electrons. The first-order valence-corrected chi connectivity index (χ1v) is 20.2. The summed E-state index contributed by atoms with van der Waals surface area (Å²) in [5.41, 5.74) is -3.77. The van der Waals surface area contributed by atoms with Crippen molar-refractivity contribution in [3.63, 3.8) is 0 Å². The molecule has 0 saturated carbocycles. The fourth-order valence-electron chi connectivity index (χ4n) is 7.08. The SMILES string of the molecule is [2H]c1c([2H])c2c3c(c1[2H])N(c1c([2H])c([2H])c(C(C)(C)C)c([2H])c1[2H])c1c(sc4c([2H])c([2H])c(C(C)(C)C)c([2H])c14)C3c1sc3c([2H])c([2H])c(C(C)(C)C)c([2H])c3c1N2c1c([2H])c([2H])c(C(C)(C)C)c([2H])c1[2H]. The van der Waals surface area contributed by atoms with E-state index in [1.807, 2.05) is 41.5 Å². The second-order valence-electron chi connectivity index (χ2n) is 18.6. The van der Waals surface area contributed by atoms with Gasteiger partial charge in [-0.3, -0.25) is 0 Å². The van der Waals surface area contributed by atoms with Crippen LogP contribution < -0.4 is 9.80 Å². The lowest BCUT2D eigenvalue weighted by atomic mass is 9.81. The number of benzene rings is 5. The Morgan fingerprint density at radius 1 is 0.455 bits per heavy atom. The molecule has 9 rings (SSSR count). The molecule has 0 N–H and O–H groups in total. The quantitative estimate of drug-likeness (QED) is 0.173. The number of rotatable bonds is 2. The molecule has 0 bridgehead atoms. The smallest absolute Gasteiger partial charge is 0.0689 e. The van der Waals surface area contributed by atoms with Crippen molar-refractivity contribution in [1.29, 1.82) is 0 Å². The maximum absolute atomic E-state index is 9.97. The predicted octanol–water partition coefficient (Wildman–Crippen LogP) is 16.1. The van der Waals surface area contributed by atoms with Crippen molar-refractivity contribution in [3.05, 3.63) is 140 Å². The van der Waals surface area contributed by atoms with Gasteiger partial charge in [-0.2, -0.15) is 0 Å². The lowest BCUT2D eigenvalue weighted by Crippen LogP contribution is -2.27. The number of hydrogen-bond donors (Lipinski definition) is 0. The largest absolute Gasteiger partial charge is 0.308 e. The van der Waals surface area contributed by atoms with Crippen molar-refractivity contribution in [2.45, 2.75) is 111 Å². The molecule has 0 unspecified atom stereocenters. The summed E-state index contributed by atoms with van der Waals surface area (Å²) < 4.78 is 164. The van der Waals surface area contributed by atoms with Gasteiger partial charge in [-0.1, -0.05) is 125 Å². The van der Waals surface area contributed by atoms with Crippen LogP contribution in [0.25, 0.3) is 20.2 Å². The van der Waals surface area contributed by atoms with E-state index < -0.39 is 69.9 Å². The first kappa shape index (κ1) is 21.8. The van der Waals surface area contributed by atoms with E-state index in [2.05, 4.69) is 0 Å². The van der Waals surface area contributed by atoms with Crippen molar-refractivity contribution >= 4 is 77.0 Å². The van der Waals surface area contributed by atoms with Crippen LogP contribution in [0.4, 0.5) is 34.1 Å². The van der Waals surface area contributed by atoms with Gasteiger partial charge in [0.1, 0.15) is 0 Å². The summed E-state index contributed by atoms with van der Waals surface area (Å²) >= 11 is 2.06. The van der Waals surface area contributed by atoms with E-state index in [4.69, 9.17) is 0 Å². The van der Waals surface area contributed by atoms with Gasteiger partial charge in [-0.25, -0.2) is 0 Å². The van der Waals surface area contributed by atoms with Crippen molar-refractivity contribution in [2.24, 2.45) is 0 Å². The lowest BCUT2D eigenvalue weighted by molar-refractivity contribution is 0.590. The zero-order valence-electron chi connectivity index (χ0n) is 50.3. The molecule has 55 heavy (non-hydrogen) atoms. The molecular weight excluding hydrogens is 705 g/mol. The van der Waals surface area contributed by atoms with Gasteiger partial charge in [0.15, 0.2) is 0 Å². The minimum absolute atomic E-state index is 0.0630. The van der Waals surface area contributed by atoms with E-state index in [9.17, 15) is 23.3 Å². The number of thiophene rings is 2. The van der Waals surface area contributed by atoms with Gasteiger partial charge in [-0.15, -0.1) is 22.7 Å². The van der Waals surface area contributed by atoms with Crippen LogP contribution in [0.5, 0.6) is 0 Å². The monoisotopic (exact) mass is 775 g/mol. The summed E-state index contributed by atoms with van der Waals surface area (Å²) in [6, 6.07) is -6.71. The third kappa shape index (κ3) is 5.77. The van der Waals surface area contributed by atoms with Gasteiger partial charge in [0.25, 0.3) is 0 Å². The number of hydrogen-bond acceptors (Lipinski definition) is 4. The highest BCUT2D eigenvalue weighted by Gasteiger charge is 2.44. The Morgan fingerprint density at radius 3 is 1.15 bits per heavy atom. The minimum atomic E-state index is -1.17. The third-order valence-corrected chi connectivity index (χ3v) is 12.5. The first-order chi connectivity index (χ1) is 32.9. The molecule has 0 saturated heterocycles. The van der Waals surface area contributed by atoms with Crippen molar-refractivity contribution < 1.29 is 23.3 Å². The van der Waals surface area contributed by atoms with Gasteiger partial charge in [-0.05, 0) is 104 Å². The maximum atomic E-state index is 9.97. The predicted molar refractivity (Wildman–Crippen MR) is 242 cm³/mol. The Bertz CT molecular complexity index is 3330. The number of fused-ring (bicyclic) bond motifs is 8. The molecule has 0 spiro atoms. The van der Waals surface area contributed by atoms with E-state index in [1.165, 1.54) is 9.80 Å². The van der Waals surface area contributed by atoms with Crippen molar-refractivity contribution in [2.75, 3.05) is 9.80 Å². The molecule has 2 nitrogen and oxygen atoms in total. The van der Waals surface area contributed by atoms with Crippen molar-refractivity contribution in [1.82, 2.24) is 0 Å². The van der Waals surface area contributed by atoms with Gasteiger partial charge in [0.05, 0.1) is 52.0 Å². The van der Waals surface area contributed by atoms with E-state index in [0.29, 0.717) is 9.75 Å². The van der Waals surface area contributed by atoms with Gasteiger partial charge < -0.3 is 9.80 Å². The van der Waals surface area contributed by atoms with Crippen molar-refractivity contribution in [3.8, 4) is 0 Å². The molecular formula is C51H54N2S2. The zero-order valence-corrected chi connectivity index (χ0v) is 34.9. The highest BCUT2D eigenvalue weighted by molar-refractivity contribution is 7.21. The molecule has 280 valence electrons. The zero-order chi connectivity index (χ0) is 53.8. The fraction of sp³-hybridized carbons (Fsp3) is 0.333. The molecule has 0 fully saturated rings. The molecule has 4 heterocycles. The van der Waals surface area contributed by atoms with Gasteiger partial charge in [0.2, 0.25) is 0 Å². The Balaban J connectivity index is 1.62. The van der Waals surface area contributed by atoms with Crippen LogP contribution in [-0.2, 0) is 21.7 Å². The summed E-state index contributed by atoms with van der Waals surface area (Å²) in [6.45, 7) is 21.4. The normalized spacial score (nSPS) is 19.1. The van der Waals surface area contributed by atoms with Crippen LogP contribution in [0.1, 0.15) is 150 Å². The van der Waals surface area contributed by atoms with Gasteiger partial charge >= 0.3 is 0 Å². The fourth-order valence-corrected chi connectivity index (χ4v) is 9.59. The standard InChI is InChI=1S/C51H54N2S2/c1-48(2,3)30-16-22-34(23-17-30)52-38-14-13-15-39-42(38)43(46-44(52)36-28-32(50(7,8)9)20-26-40(36)54-46)47-45(37-29-33(51(10,11)12)21-27-41(37)55-47)53(39)35-24-18-31(19-25-35)49(4,5)6/h13-29,43H,1-12H3/i13D,14D,15D,16D,17D,18D,19D,20D,21D,22D,23D,24D,25D,26D,27D,28D,29D. The first-order valence-electron chi connectivity index (χ1n) is 27.0. The van der Waals surface area contributed by atoms with Crippen LogP contribution in [-0.4, -0.2) is 0 Å². The van der Waals surface area contributed by atoms with E-state index in [-0.39, 0.29) is 143 Å². The Morgan fingerprint density at radius 2 is 0.800 bits per heavy atom. The molecule has 0 atom stereocenters. The maximum Gasteiger partial charge on any atom is 0.0689 e. The molecule has 7 aromatic rings. The molecule has 0 aliphatic carbocycles. The van der Waals surface area contributed by atoms with E-state index >= 15 is 0 Å². The number of anilines is 6. The van der Waals surface area contributed by atoms with Gasteiger partial charge in [0, 0.05) is 46.9 Å². The Labute approximate surface area is 360 Å². The highest BCUT2D eigenvalue weighted by atomic mass is 32.1. The Kier molecular flexibility index (Phi) is 4.78. The van der Waals surface area contributed by atoms with Crippen LogP contribution in [0.3, 0.4) is 0 Å². The van der Waals surface area contributed by atoms with Crippen LogP contribution >= 0.6 is 22.7 Å². The summed E-state index contributed by atoms with van der Waals surface area (Å²) in [5.74, 6) is -1.17.